The lowest BCUT2D eigenvalue weighted by atomic mass is 9.85. The van der Waals surface area contributed by atoms with E-state index in [0.29, 0.717) is 11.6 Å². The van der Waals surface area contributed by atoms with E-state index >= 15 is 0 Å². The molecule has 3 aliphatic rings. The molecule has 116 valence electrons. The van der Waals surface area contributed by atoms with Gasteiger partial charge in [0, 0.05) is 37.3 Å². The number of hydrogen-bond acceptors (Lipinski definition) is 3. The van der Waals surface area contributed by atoms with Crippen molar-refractivity contribution >= 4 is 0 Å². The molecule has 20 heavy (non-hydrogen) atoms. The fraction of sp³-hybridized carbons (Fsp3) is 1.00. The van der Waals surface area contributed by atoms with Crippen molar-refractivity contribution in [2.24, 2.45) is 11.7 Å². The molecule has 0 radical (unpaired) electrons. The van der Waals surface area contributed by atoms with E-state index < -0.39 is 0 Å². The number of fused-ring (bicyclic) bond motifs is 1. The van der Waals surface area contributed by atoms with Crippen LogP contribution in [0.15, 0.2) is 0 Å². The lowest BCUT2D eigenvalue weighted by Crippen LogP contribution is -2.65. The van der Waals surface area contributed by atoms with Gasteiger partial charge in [-0.3, -0.25) is 9.80 Å². The maximum atomic E-state index is 6.33. The summed E-state index contributed by atoms with van der Waals surface area (Å²) in [4.78, 5) is 5.56. The minimum absolute atomic E-state index is 0.304. The molecule has 0 aromatic rings. The van der Waals surface area contributed by atoms with Crippen LogP contribution in [0, 0.1) is 5.92 Å². The van der Waals surface area contributed by atoms with Crippen LogP contribution in [0.1, 0.15) is 58.8 Å². The number of rotatable bonds is 2. The van der Waals surface area contributed by atoms with Crippen LogP contribution in [0.3, 0.4) is 0 Å². The van der Waals surface area contributed by atoms with Crippen LogP contribution in [0.4, 0.5) is 0 Å². The Morgan fingerprint density at radius 1 is 1.05 bits per heavy atom. The van der Waals surface area contributed by atoms with Gasteiger partial charge in [0.25, 0.3) is 0 Å². The third kappa shape index (κ3) is 2.65. The number of piperazine rings is 1. The van der Waals surface area contributed by atoms with Crippen molar-refractivity contribution in [2.75, 3.05) is 26.2 Å². The summed E-state index contributed by atoms with van der Waals surface area (Å²) in [7, 11) is 0. The third-order valence-electron chi connectivity index (χ3n) is 6.37. The fourth-order valence-corrected chi connectivity index (χ4v) is 5.02. The van der Waals surface area contributed by atoms with Gasteiger partial charge in [0.2, 0.25) is 0 Å². The Morgan fingerprint density at radius 3 is 2.70 bits per heavy atom. The summed E-state index contributed by atoms with van der Waals surface area (Å²) in [6.45, 7) is 9.58. The molecule has 0 aromatic heterocycles. The van der Waals surface area contributed by atoms with Gasteiger partial charge in [-0.15, -0.1) is 0 Å². The Hall–Kier alpha value is -0.120. The Morgan fingerprint density at radius 2 is 1.90 bits per heavy atom. The molecule has 2 N–H and O–H groups in total. The Kier molecular flexibility index (Phi) is 4.40. The first kappa shape index (κ1) is 14.8. The highest BCUT2D eigenvalue weighted by Gasteiger charge is 2.44. The van der Waals surface area contributed by atoms with Crippen molar-refractivity contribution < 1.29 is 0 Å². The van der Waals surface area contributed by atoms with Crippen LogP contribution in [0.5, 0.6) is 0 Å². The first-order valence-electron chi connectivity index (χ1n) is 8.85. The van der Waals surface area contributed by atoms with Crippen LogP contribution in [-0.4, -0.2) is 53.6 Å². The smallest absolute Gasteiger partial charge is 0.0335 e. The van der Waals surface area contributed by atoms with Gasteiger partial charge in [-0.1, -0.05) is 19.8 Å². The molecule has 3 nitrogen and oxygen atoms in total. The van der Waals surface area contributed by atoms with Gasteiger partial charge in [-0.05, 0) is 51.5 Å². The zero-order chi connectivity index (χ0) is 14.2. The lowest BCUT2D eigenvalue weighted by molar-refractivity contribution is -0.0283. The van der Waals surface area contributed by atoms with Crippen LogP contribution in [0.2, 0.25) is 0 Å². The third-order valence-corrected chi connectivity index (χ3v) is 6.37. The molecule has 4 atom stereocenters. The second-order valence-electron chi connectivity index (χ2n) is 7.76. The zero-order valence-corrected chi connectivity index (χ0v) is 13.5. The van der Waals surface area contributed by atoms with Crippen molar-refractivity contribution in [1.82, 2.24) is 9.80 Å². The maximum Gasteiger partial charge on any atom is 0.0335 e. The standard InChI is InChI=1S/C17H33N3/c1-14-5-3-8-17(13-18,9-7-14)20-12-16-6-4-10-19(16)11-15(20)2/h14-16H,3-13,18H2,1-2H3. The Balaban J connectivity index is 1.77. The highest BCUT2D eigenvalue weighted by Crippen LogP contribution is 2.38. The van der Waals surface area contributed by atoms with Crippen molar-refractivity contribution in [2.45, 2.75) is 76.4 Å². The van der Waals surface area contributed by atoms with Gasteiger partial charge in [0.05, 0.1) is 0 Å². The van der Waals surface area contributed by atoms with Gasteiger partial charge >= 0.3 is 0 Å². The van der Waals surface area contributed by atoms with Crippen LogP contribution in [0.25, 0.3) is 0 Å². The fourth-order valence-electron chi connectivity index (χ4n) is 5.02. The Labute approximate surface area is 124 Å². The molecule has 2 aliphatic heterocycles. The molecule has 0 spiro atoms. The summed E-state index contributed by atoms with van der Waals surface area (Å²) in [5.74, 6) is 0.895. The van der Waals surface area contributed by atoms with Gasteiger partial charge in [-0.2, -0.15) is 0 Å². The van der Waals surface area contributed by atoms with Crippen molar-refractivity contribution in [3.05, 3.63) is 0 Å². The van der Waals surface area contributed by atoms with E-state index in [1.165, 1.54) is 64.6 Å². The maximum absolute atomic E-state index is 6.33. The molecule has 2 saturated heterocycles. The second-order valence-corrected chi connectivity index (χ2v) is 7.76. The number of hydrogen-bond donors (Lipinski definition) is 1. The summed E-state index contributed by atoms with van der Waals surface area (Å²) in [6.07, 6.45) is 9.59. The molecule has 4 unspecified atom stereocenters. The molecule has 1 aliphatic carbocycles. The van der Waals surface area contributed by atoms with E-state index in [2.05, 4.69) is 23.6 Å². The van der Waals surface area contributed by atoms with Gasteiger partial charge in [-0.25, -0.2) is 0 Å². The van der Waals surface area contributed by atoms with E-state index in [4.69, 9.17) is 5.73 Å². The minimum Gasteiger partial charge on any atom is -0.329 e. The van der Waals surface area contributed by atoms with Gasteiger partial charge in [0.15, 0.2) is 0 Å². The van der Waals surface area contributed by atoms with E-state index in [-0.39, 0.29) is 0 Å². The largest absolute Gasteiger partial charge is 0.329 e. The summed E-state index contributed by atoms with van der Waals surface area (Å²) >= 11 is 0. The molecule has 2 heterocycles. The van der Waals surface area contributed by atoms with Crippen LogP contribution >= 0.6 is 0 Å². The molecule has 1 saturated carbocycles. The highest BCUT2D eigenvalue weighted by atomic mass is 15.3. The molecule has 3 rings (SSSR count). The summed E-state index contributed by atoms with van der Waals surface area (Å²) in [6, 6.07) is 1.50. The lowest BCUT2D eigenvalue weighted by Gasteiger charge is -2.52. The predicted molar refractivity (Wildman–Crippen MR) is 84.8 cm³/mol. The number of nitrogens with zero attached hydrogens (tertiary/aromatic N) is 2. The first-order valence-corrected chi connectivity index (χ1v) is 8.85. The molecule has 0 bridgehead atoms. The average Bonchev–Trinajstić information content (AvgIpc) is 2.80. The van der Waals surface area contributed by atoms with E-state index in [0.717, 1.165) is 18.5 Å². The highest BCUT2D eigenvalue weighted by molar-refractivity contribution is 5.01. The number of nitrogens with two attached hydrogens (primary N) is 1. The molecular formula is C17H33N3. The predicted octanol–water partition coefficient (Wildman–Crippen LogP) is 2.45. The summed E-state index contributed by atoms with van der Waals surface area (Å²) in [5.41, 5.74) is 6.63. The molecule has 3 fully saturated rings. The zero-order valence-electron chi connectivity index (χ0n) is 13.5. The summed E-state index contributed by atoms with van der Waals surface area (Å²) in [5, 5.41) is 0. The molecule has 3 heteroatoms. The minimum atomic E-state index is 0.304. The van der Waals surface area contributed by atoms with Crippen molar-refractivity contribution in [3.8, 4) is 0 Å². The van der Waals surface area contributed by atoms with Crippen LogP contribution in [-0.2, 0) is 0 Å². The monoisotopic (exact) mass is 279 g/mol. The topological polar surface area (TPSA) is 32.5 Å². The first-order chi connectivity index (χ1) is 9.64. The molecular weight excluding hydrogens is 246 g/mol. The average molecular weight is 279 g/mol. The van der Waals surface area contributed by atoms with E-state index in [9.17, 15) is 0 Å². The van der Waals surface area contributed by atoms with Gasteiger partial charge in [0.1, 0.15) is 0 Å². The normalized spacial score (nSPS) is 44.2. The second kappa shape index (κ2) is 5.94. The van der Waals surface area contributed by atoms with E-state index in [1.54, 1.807) is 0 Å². The van der Waals surface area contributed by atoms with E-state index in [1.807, 2.05) is 0 Å². The molecule has 0 aromatic carbocycles. The SMILES string of the molecule is CC1CCCC(CN)(N2CC3CCCN3CC2C)CC1. The van der Waals surface area contributed by atoms with Crippen molar-refractivity contribution in [3.63, 3.8) is 0 Å². The molecule has 0 amide bonds. The van der Waals surface area contributed by atoms with Crippen molar-refractivity contribution in [1.29, 1.82) is 0 Å². The van der Waals surface area contributed by atoms with Crippen LogP contribution < -0.4 is 5.73 Å². The summed E-state index contributed by atoms with van der Waals surface area (Å²) < 4.78 is 0. The van der Waals surface area contributed by atoms with Gasteiger partial charge < -0.3 is 5.73 Å². The Bertz CT molecular complexity index is 332. The quantitative estimate of drug-likeness (QED) is 0.788.